The molecular weight excluding hydrogens is 660 g/mol. The van der Waals surface area contributed by atoms with E-state index in [1.165, 1.54) is 12.8 Å². The van der Waals surface area contributed by atoms with E-state index in [-0.39, 0.29) is 6.10 Å². The van der Waals surface area contributed by atoms with Crippen molar-refractivity contribution < 1.29 is 14.2 Å². The first kappa shape index (κ1) is 32.6. The molecule has 0 amide bonds. The molecule has 50 heavy (non-hydrogen) atoms. The Hall–Kier alpha value is -4.60. The molecule has 1 aliphatic carbocycles. The van der Waals surface area contributed by atoms with Crippen LogP contribution in [0.2, 0.25) is 5.02 Å². The number of anilines is 2. The number of halogens is 1. The SMILES string of the molecule is C[C@@H](Cn1cnnn1)Oc1cc(-c2cnc(Nc3cn([C@H]4CC[C@H](N5[C@@H]6CC[C@H]5COC6)CC4)nc3OCCn3cccn3)nc2)ccc1Cl. The van der Waals surface area contributed by atoms with E-state index < -0.39 is 0 Å². The van der Waals surface area contributed by atoms with Crippen LogP contribution >= 0.6 is 11.6 Å². The molecule has 5 aromatic rings. The van der Waals surface area contributed by atoms with Gasteiger partial charge in [0.25, 0.3) is 5.88 Å². The molecule has 3 atom stereocenters. The smallest absolute Gasteiger partial charge is 0.257 e. The van der Waals surface area contributed by atoms with Gasteiger partial charge in [-0.1, -0.05) is 17.7 Å². The Kier molecular flexibility index (Phi) is 9.59. The summed E-state index contributed by atoms with van der Waals surface area (Å²) in [6, 6.07) is 9.62. The van der Waals surface area contributed by atoms with Crippen LogP contribution in [0.1, 0.15) is 51.5 Å². The number of rotatable bonds is 13. The fourth-order valence-electron chi connectivity index (χ4n) is 7.52. The van der Waals surface area contributed by atoms with Crippen LogP contribution in [-0.2, 0) is 17.8 Å². The molecule has 2 aliphatic heterocycles. The van der Waals surface area contributed by atoms with Crippen molar-refractivity contribution in [3.8, 4) is 22.8 Å². The summed E-state index contributed by atoms with van der Waals surface area (Å²) in [7, 11) is 0. The summed E-state index contributed by atoms with van der Waals surface area (Å²) in [4.78, 5) is 12.0. The maximum Gasteiger partial charge on any atom is 0.257 e. The molecule has 262 valence electrons. The largest absolute Gasteiger partial charge is 0.487 e. The highest BCUT2D eigenvalue weighted by Gasteiger charge is 2.42. The van der Waals surface area contributed by atoms with E-state index in [1.54, 1.807) is 29.6 Å². The molecule has 3 aliphatic rings. The Labute approximate surface area is 294 Å². The van der Waals surface area contributed by atoms with Crippen molar-refractivity contribution in [2.75, 3.05) is 25.1 Å². The number of aromatic nitrogens is 10. The summed E-state index contributed by atoms with van der Waals surface area (Å²) in [6.07, 6.45) is 17.6. The zero-order valence-electron chi connectivity index (χ0n) is 28.0. The lowest BCUT2D eigenvalue weighted by Gasteiger charge is -2.43. The van der Waals surface area contributed by atoms with Crippen molar-refractivity contribution in [2.45, 2.75) is 88.8 Å². The summed E-state index contributed by atoms with van der Waals surface area (Å²) < 4.78 is 23.7. The fourth-order valence-corrected chi connectivity index (χ4v) is 7.68. The molecule has 2 saturated heterocycles. The zero-order chi connectivity index (χ0) is 33.9. The van der Waals surface area contributed by atoms with Crippen molar-refractivity contribution in [2.24, 2.45) is 0 Å². The van der Waals surface area contributed by atoms with Crippen molar-refractivity contribution in [3.63, 3.8) is 0 Å². The van der Waals surface area contributed by atoms with Crippen LogP contribution in [0, 0.1) is 0 Å². The van der Waals surface area contributed by atoms with E-state index in [0.717, 1.165) is 55.7 Å². The summed E-state index contributed by atoms with van der Waals surface area (Å²) in [5, 5.41) is 24.3. The van der Waals surface area contributed by atoms with Crippen molar-refractivity contribution >= 4 is 23.2 Å². The van der Waals surface area contributed by atoms with Crippen LogP contribution in [0.25, 0.3) is 11.1 Å². The van der Waals surface area contributed by atoms with Gasteiger partial charge in [-0.2, -0.15) is 5.10 Å². The molecule has 1 aromatic carbocycles. The van der Waals surface area contributed by atoms with Gasteiger partial charge in [-0.05, 0) is 79.6 Å². The molecule has 6 heterocycles. The predicted molar refractivity (Wildman–Crippen MR) is 184 cm³/mol. The Morgan fingerprint density at radius 2 is 1.76 bits per heavy atom. The lowest BCUT2D eigenvalue weighted by Crippen LogP contribution is -2.52. The quantitative estimate of drug-likeness (QED) is 0.180. The summed E-state index contributed by atoms with van der Waals surface area (Å²) >= 11 is 6.48. The van der Waals surface area contributed by atoms with E-state index in [2.05, 4.69) is 45.5 Å². The predicted octanol–water partition coefficient (Wildman–Crippen LogP) is 4.81. The first-order chi connectivity index (χ1) is 24.6. The van der Waals surface area contributed by atoms with Gasteiger partial charge in [0.15, 0.2) is 0 Å². The standard InChI is InChI=1S/C34H41ClN12O3/c1-23(18-45-22-38-42-43-45)50-32-15-24(3-10-30(32)35)25-16-36-34(37-17-25)40-31-19-46(41-33(31)49-14-13-44-12-2-11-39-44)26-4-6-27(7-5-26)47-28-8-9-29(47)21-48-20-28/h2-3,10-12,15-17,19,22-23,26-29H,4-9,13-14,18,20-21H2,1H3,(H,36,37,40)/t23-,26-,27-,28-,29+/m0/s1. The van der Waals surface area contributed by atoms with Gasteiger partial charge in [0, 0.05) is 48.5 Å². The average Bonchev–Trinajstić information content (AvgIpc) is 3.96. The van der Waals surface area contributed by atoms with Gasteiger partial charge in [0.1, 0.15) is 30.5 Å². The Morgan fingerprint density at radius 1 is 0.980 bits per heavy atom. The Bertz CT molecular complexity index is 1810. The molecule has 8 rings (SSSR count). The molecule has 1 saturated carbocycles. The van der Waals surface area contributed by atoms with E-state index in [4.69, 9.17) is 30.9 Å². The van der Waals surface area contributed by atoms with Gasteiger partial charge in [-0.3, -0.25) is 14.3 Å². The van der Waals surface area contributed by atoms with E-state index in [0.29, 0.717) is 66.5 Å². The van der Waals surface area contributed by atoms with Gasteiger partial charge in [-0.15, -0.1) is 10.2 Å². The molecule has 15 nitrogen and oxygen atoms in total. The fraction of sp³-hybridized carbons (Fsp3) is 0.500. The summed E-state index contributed by atoms with van der Waals surface area (Å²) in [6.45, 7) is 5.22. The summed E-state index contributed by atoms with van der Waals surface area (Å²) in [5.41, 5.74) is 2.43. The van der Waals surface area contributed by atoms with Gasteiger partial charge in [-0.25, -0.2) is 14.6 Å². The third kappa shape index (κ3) is 7.30. The number of nitrogens with one attached hydrogen (secondary N) is 1. The molecule has 0 unspecified atom stereocenters. The number of morpholine rings is 1. The minimum atomic E-state index is -0.208. The number of hydrogen-bond acceptors (Lipinski definition) is 12. The van der Waals surface area contributed by atoms with Gasteiger partial charge in [0.05, 0.1) is 43.6 Å². The minimum Gasteiger partial charge on any atom is -0.487 e. The lowest BCUT2D eigenvalue weighted by atomic mass is 9.89. The average molecular weight is 701 g/mol. The van der Waals surface area contributed by atoms with Gasteiger partial charge in [0.2, 0.25) is 5.95 Å². The second kappa shape index (κ2) is 14.7. The monoisotopic (exact) mass is 700 g/mol. The maximum atomic E-state index is 6.48. The second-order valence-electron chi connectivity index (χ2n) is 13.3. The first-order valence-corrected chi connectivity index (χ1v) is 17.7. The molecule has 2 bridgehead atoms. The van der Waals surface area contributed by atoms with Crippen LogP contribution in [0.4, 0.5) is 11.6 Å². The lowest BCUT2D eigenvalue weighted by molar-refractivity contribution is -0.0458. The van der Waals surface area contributed by atoms with Crippen LogP contribution in [0.15, 0.2) is 61.6 Å². The number of hydrogen-bond donors (Lipinski definition) is 1. The number of benzene rings is 1. The van der Waals surface area contributed by atoms with Crippen molar-refractivity contribution in [1.82, 2.24) is 54.6 Å². The molecule has 4 aromatic heterocycles. The van der Waals surface area contributed by atoms with Crippen LogP contribution in [-0.4, -0.2) is 98.7 Å². The van der Waals surface area contributed by atoms with Crippen LogP contribution < -0.4 is 14.8 Å². The number of fused-ring (bicyclic) bond motifs is 2. The van der Waals surface area contributed by atoms with Crippen molar-refractivity contribution in [1.29, 1.82) is 0 Å². The van der Waals surface area contributed by atoms with Gasteiger partial charge < -0.3 is 19.5 Å². The first-order valence-electron chi connectivity index (χ1n) is 17.4. The van der Waals surface area contributed by atoms with Crippen LogP contribution in [0.3, 0.4) is 0 Å². The van der Waals surface area contributed by atoms with Gasteiger partial charge >= 0.3 is 0 Å². The molecular formula is C34H41ClN12O3. The van der Waals surface area contributed by atoms with E-state index >= 15 is 0 Å². The second-order valence-corrected chi connectivity index (χ2v) is 13.7. The minimum absolute atomic E-state index is 0.208. The normalized spacial score (nSPS) is 22.8. The number of nitrogens with zero attached hydrogens (tertiary/aromatic N) is 11. The third-order valence-electron chi connectivity index (χ3n) is 9.90. The Morgan fingerprint density at radius 3 is 2.50 bits per heavy atom. The van der Waals surface area contributed by atoms with E-state index in [1.807, 2.05) is 48.3 Å². The van der Waals surface area contributed by atoms with Crippen molar-refractivity contribution in [3.05, 3.63) is 66.6 Å². The molecule has 3 fully saturated rings. The highest BCUT2D eigenvalue weighted by atomic mass is 35.5. The van der Waals surface area contributed by atoms with Crippen LogP contribution in [0.5, 0.6) is 11.6 Å². The summed E-state index contributed by atoms with van der Waals surface area (Å²) in [5.74, 6) is 1.52. The van der Waals surface area contributed by atoms with E-state index in [9.17, 15) is 0 Å². The number of ether oxygens (including phenoxy) is 3. The highest BCUT2D eigenvalue weighted by Crippen LogP contribution is 2.39. The Balaban J connectivity index is 0.946. The zero-order valence-corrected chi connectivity index (χ0v) is 28.7. The highest BCUT2D eigenvalue weighted by molar-refractivity contribution is 6.32. The molecule has 0 spiro atoms. The molecule has 0 radical (unpaired) electrons. The topological polar surface area (TPSA) is 148 Å². The third-order valence-corrected chi connectivity index (χ3v) is 10.2. The molecule has 1 N–H and O–H groups in total. The number of tetrazole rings is 1. The maximum absolute atomic E-state index is 6.48. The molecule has 16 heteroatoms.